The number of oxazole rings is 1. The maximum Gasteiger partial charge on any atom is 0.237 e. The Bertz CT molecular complexity index is 723. The molecule has 1 aromatic heterocycles. The Labute approximate surface area is 146 Å². The van der Waals surface area contributed by atoms with Crippen LogP contribution in [0.1, 0.15) is 26.2 Å². The SMILES string of the molecule is CC(C)N1CCNC(=O)C1CC(=O)NCCc1nc2ccccc2o1. The highest BCUT2D eigenvalue weighted by Crippen LogP contribution is 2.15. The van der Waals surface area contributed by atoms with Gasteiger partial charge >= 0.3 is 0 Å². The van der Waals surface area contributed by atoms with E-state index in [2.05, 4.69) is 20.5 Å². The number of nitrogens with zero attached hydrogens (tertiary/aromatic N) is 2. The van der Waals surface area contributed by atoms with Crippen molar-refractivity contribution in [1.29, 1.82) is 0 Å². The van der Waals surface area contributed by atoms with Crippen LogP contribution in [0.4, 0.5) is 0 Å². The lowest BCUT2D eigenvalue weighted by Crippen LogP contribution is -2.58. The maximum atomic E-state index is 12.2. The molecule has 1 unspecified atom stereocenters. The van der Waals surface area contributed by atoms with E-state index in [9.17, 15) is 9.59 Å². The first-order chi connectivity index (χ1) is 12.0. The minimum absolute atomic E-state index is 0.0750. The first-order valence-corrected chi connectivity index (χ1v) is 8.69. The molecular weight excluding hydrogens is 320 g/mol. The van der Waals surface area contributed by atoms with Crippen LogP contribution in [0, 0.1) is 0 Å². The van der Waals surface area contributed by atoms with Gasteiger partial charge in [0.05, 0.1) is 12.5 Å². The molecule has 0 bridgehead atoms. The standard InChI is InChI=1S/C18H24N4O3/c1-12(2)22-10-9-20-18(24)14(22)11-16(23)19-8-7-17-21-13-5-3-4-6-15(13)25-17/h3-6,12,14H,7-11H2,1-2H3,(H,19,23)(H,20,24). The molecule has 0 aliphatic carbocycles. The molecule has 1 aromatic carbocycles. The number of amides is 2. The third-order valence-electron chi connectivity index (χ3n) is 4.41. The number of benzene rings is 1. The van der Waals surface area contributed by atoms with Crippen molar-refractivity contribution >= 4 is 22.9 Å². The van der Waals surface area contributed by atoms with E-state index in [0.717, 1.165) is 17.6 Å². The lowest BCUT2D eigenvalue weighted by Gasteiger charge is -2.37. The number of hydrogen-bond acceptors (Lipinski definition) is 5. The van der Waals surface area contributed by atoms with Crippen LogP contribution in [0.2, 0.25) is 0 Å². The molecule has 1 atom stereocenters. The van der Waals surface area contributed by atoms with Crippen LogP contribution in [-0.4, -0.2) is 53.4 Å². The average molecular weight is 344 g/mol. The Morgan fingerprint density at radius 3 is 3.00 bits per heavy atom. The molecule has 3 rings (SSSR count). The number of para-hydroxylation sites is 2. The van der Waals surface area contributed by atoms with Crippen molar-refractivity contribution in [3.05, 3.63) is 30.2 Å². The molecule has 0 radical (unpaired) electrons. The van der Waals surface area contributed by atoms with Crippen molar-refractivity contribution in [2.24, 2.45) is 0 Å². The summed E-state index contributed by atoms with van der Waals surface area (Å²) in [7, 11) is 0. The first kappa shape index (κ1) is 17.4. The number of nitrogens with one attached hydrogen (secondary N) is 2. The van der Waals surface area contributed by atoms with Crippen molar-refractivity contribution in [2.45, 2.75) is 38.8 Å². The van der Waals surface area contributed by atoms with Crippen molar-refractivity contribution < 1.29 is 14.0 Å². The summed E-state index contributed by atoms with van der Waals surface area (Å²) < 4.78 is 5.63. The van der Waals surface area contributed by atoms with Gasteiger partial charge in [-0.3, -0.25) is 14.5 Å². The quantitative estimate of drug-likeness (QED) is 0.819. The Morgan fingerprint density at radius 2 is 2.24 bits per heavy atom. The summed E-state index contributed by atoms with van der Waals surface area (Å²) >= 11 is 0. The van der Waals surface area contributed by atoms with Crippen molar-refractivity contribution in [3.8, 4) is 0 Å². The molecule has 1 fully saturated rings. The zero-order valence-corrected chi connectivity index (χ0v) is 14.6. The highest BCUT2D eigenvalue weighted by atomic mass is 16.3. The Morgan fingerprint density at radius 1 is 1.44 bits per heavy atom. The molecule has 2 N–H and O–H groups in total. The van der Waals surface area contributed by atoms with E-state index in [-0.39, 0.29) is 24.3 Å². The van der Waals surface area contributed by atoms with E-state index in [1.165, 1.54) is 0 Å². The predicted molar refractivity (Wildman–Crippen MR) is 94.0 cm³/mol. The van der Waals surface area contributed by atoms with Gasteiger partial charge < -0.3 is 15.1 Å². The van der Waals surface area contributed by atoms with E-state index in [1.807, 2.05) is 38.1 Å². The molecular formula is C18H24N4O3. The third kappa shape index (κ3) is 4.17. The smallest absolute Gasteiger partial charge is 0.237 e. The fourth-order valence-electron chi connectivity index (χ4n) is 3.14. The van der Waals surface area contributed by atoms with Gasteiger partial charge in [-0.25, -0.2) is 4.98 Å². The van der Waals surface area contributed by atoms with Crippen molar-refractivity contribution in [1.82, 2.24) is 20.5 Å². The molecule has 1 saturated heterocycles. The molecule has 25 heavy (non-hydrogen) atoms. The topological polar surface area (TPSA) is 87.5 Å². The fourth-order valence-corrected chi connectivity index (χ4v) is 3.14. The largest absolute Gasteiger partial charge is 0.441 e. The van der Waals surface area contributed by atoms with E-state index in [1.54, 1.807) is 0 Å². The van der Waals surface area contributed by atoms with Gasteiger partial charge in [-0.1, -0.05) is 12.1 Å². The average Bonchev–Trinajstić information content (AvgIpc) is 2.99. The highest BCUT2D eigenvalue weighted by Gasteiger charge is 2.32. The zero-order valence-electron chi connectivity index (χ0n) is 14.6. The predicted octanol–water partition coefficient (Wildman–Crippen LogP) is 1.09. The summed E-state index contributed by atoms with van der Waals surface area (Å²) in [5, 5.41) is 5.69. The second-order valence-electron chi connectivity index (χ2n) is 6.52. The summed E-state index contributed by atoms with van der Waals surface area (Å²) in [4.78, 5) is 30.8. The summed E-state index contributed by atoms with van der Waals surface area (Å²) in [6, 6.07) is 7.39. The number of aromatic nitrogens is 1. The Balaban J connectivity index is 1.51. The van der Waals surface area contributed by atoms with Crippen LogP contribution >= 0.6 is 0 Å². The number of fused-ring (bicyclic) bond motifs is 1. The normalized spacial score (nSPS) is 18.5. The van der Waals surface area contributed by atoms with Crippen molar-refractivity contribution in [2.75, 3.05) is 19.6 Å². The summed E-state index contributed by atoms with van der Waals surface area (Å²) in [6.45, 7) is 5.91. The molecule has 0 saturated carbocycles. The van der Waals surface area contributed by atoms with Crippen LogP contribution < -0.4 is 10.6 Å². The van der Waals surface area contributed by atoms with Crippen LogP contribution in [0.3, 0.4) is 0 Å². The molecule has 0 spiro atoms. The Hall–Kier alpha value is -2.41. The molecule has 7 heteroatoms. The highest BCUT2D eigenvalue weighted by molar-refractivity contribution is 5.88. The number of carbonyl (C=O) groups excluding carboxylic acids is 2. The molecule has 1 aliphatic rings. The monoisotopic (exact) mass is 344 g/mol. The molecule has 2 heterocycles. The summed E-state index contributed by atoms with van der Waals surface area (Å²) in [5.41, 5.74) is 1.56. The number of rotatable bonds is 6. The van der Waals surface area contributed by atoms with Gasteiger partial charge in [0.2, 0.25) is 11.8 Å². The second-order valence-corrected chi connectivity index (χ2v) is 6.52. The van der Waals surface area contributed by atoms with Crippen LogP contribution in [0.25, 0.3) is 11.1 Å². The molecule has 7 nitrogen and oxygen atoms in total. The summed E-state index contributed by atoms with van der Waals surface area (Å²) in [5.74, 6) is 0.388. The lowest BCUT2D eigenvalue weighted by molar-refractivity contribution is -0.134. The minimum atomic E-state index is -0.405. The van der Waals surface area contributed by atoms with Crippen LogP contribution in [-0.2, 0) is 16.0 Å². The van der Waals surface area contributed by atoms with Crippen molar-refractivity contribution in [3.63, 3.8) is 0 Å². The maximum absolute atomic E-state index is 12.2. The van der Waals surface area contributed by atoms with Gasteiger partial charge in [-0.05, 0) is 26.0 Å². The van der Waals surface area contributed by atoms with Gasteiger partial charge in [-0.2, -0.15) is 0 Å². The van der Waals surface area contributed by atoms with E-state index in [0.29, 0.717) is 25.4 Å². The molecule has 2 amide bonds. The van der Waals surface area contributed by atoms with Gasteiger partial charge in [0.15, 0.2) is 11.5 Å². The molecule has 1 aliphatic heterocycles. The van der Waals surface area contributed by atoms with Gasteiger partial charge in [-0.15, -0.1) is 0 Å². The van der Waals surface area contributed by atoms with E-state index >= 15 is 0 Å². The first-order valence-electron chi connectivity index (χ1n) is 8.69. The molecule has 2 aromatic rings. The fraction of sp³-hybridized carbons (Fsp3) is 0.500. The minimum Gasteiger partial charge on any atom is -0.441 e. The van der Waals surface area contributed by atoms with Gasteiger partial charge in [0, 0.05) is 32.1 Å². The molecule has 134 valence electrons. The number of hydrogen-bond donors (Lipinski definition) is 2. The Kier molecular flexibility index (Phi) is 5.33. The van der Waals surface area contributed by atoms with E-state index in [4.69, 9.17) is 4.42 Å². The van der Waals surface area contributed by atoms with Crippen LogP contribution in [0.15, 0.2) is 28.7 Å². The number of piperazine rings is 1. The number of carbonyl (C=O) groups is 2. The van der Waals surface area contributed by atoms with E-state index < -0.39 is 6.04 Å². The van der Waals surface area contributed by atoms with Gasteiger partial charge in [0.1, 0.15) is 5.52 Å². The van der Waals surface area contributed by atoms with Gasteiger partial charge in [0.25, 0.3) is 0 Å². The zero-order chi connectivity index (χ0) is 17.8. The lowest BCUT2D eigenvalue weighted by atomic mass is 10.1. The van der Waals surface area contributed by atoms with Crippen LogP contribution in [0.5, 0.6) is 0 Å². The second kappa shape index (κ2) is 7.65. The third-order valence-corrected chi connectivity index (χ3v) is 4.41. The summed E-state index contributed by atoms with van der Waals surface area (Å²) in [6.07, 6.45) is 0.683.